The van der Waals surface area contributed by atoms with Gasteiger partial charge in [-0.05, 0) is 49.4 Å². The van der Waals surface area contributed by atoms with Crippen LogP contribution in [0, 0.1) is 23.7 Å². The predicted octanol–water partition coefficient (Wildman–Crippen LogP) is 21.7. The first-order valence-corrected chi connectivity index (χ1v) is 41.7. The molecule has 3 N–H and O–H groups in total. The minimum Gasteiger partial charge on any atom is -0.462 e. The van der Waals surface area contributed by atoms with Crippen molar-refractivity contribution in [2.75, 3.05) is 39.6 Å². The molecule has 0 saturated carbocycles. The topological polar surface area (TPSA) is 237 Å². The van der Waals surface area contributed by atoms with Gasteiger partial charge in [-0.25, -0.2) is 9.13 Å². The molecule has 0 aliphatic carbocycles. The van der Waals surface area contributed by atoms with Crippen molar-refractivity contribution in [3.05, 3.63) is 0 Å². The van der Waals surface area contributed by atoms with Crippen LogP contribution in [0.25, 0.3) is 0 Å². The number of esters is 4. The molecule has 0 fully saturated rings. The van der Waals surface area contributed by atoms with Crippen molar-refractivity contribution in [2.24, 2.45) is 23.7 Å². The van der Waals surface area contributed by atoms with Crippen molar-refractivity contribution in [2.45, 2.75) is 395 Å². The molecule has 0 bridgehead atoms. The Morgan fingerprint density at radius 1 is 0.266 bits per heavy atom. The number of phosphoric ester groups is 2. The standard InChI is InChI=1S/C75H146O17P2/c1-65(2)51-43-35-27-22-18-14-10-9-11-16-20-24-30-39-47-55-72(77)85-61-70(92-75(80)58-50-42-32-26-29-37-45-53-67(5)6)63-89-93(81,82)87-59-69(76)60-88-94(83,84)90-64-71(62-86-73(78)56-48-40-34-33-38-46-54-68(7)8)91-74(79)57-49-41-31-25-21-17-13-12-15-19-23-28-36-44-52-66(3)4/h65-71,76H,9-64H2,1-8H3,(H,81,82)(H,83,84)/t69?,70-,71-/m1/s1. The summed E-state index contributed by atoms with van der Waals surface area (Å²) in [4.78, 5) is 72.7. The van der Waals surface area contributed by atoms with Gasteiger partial charge in [-0.1, -0.05) is 325 Å². The maximum absolute atomic E-state index is 13.0. The molecule has 3 unspecified atom stereocenters. The van der Waals surface area contributed by atoms with Crippen molar-refractivity contribution >= 4 is 39.5 Å². The van der Waals surface area contributed by atoms with E-state index in [0.717, 1.165) is 108 Å². The van der Waals surface area contributed by atoms with Crippen molar-refractivity contribution < 1.29 is 80.2 Å². The molecule has 0 aliphatic heterocycles. The molecule has 94 heavy (non-hydrogen) atoms. The zero-order valence-corrected chi connectivity index (χ0v) is 63.4. The fourth-order valence-corrected chi connectivity index (χ4v) is 13.0. The molecule has 0 aliphatic rings. The highest BCUT2D eigenvalue weighted by atomic mass is 31.2. The highest BCUT2D eigenvalue weighted by Crippen LogP contribution is 2.45. The lowest BCUT2D eigenvalue weighted by Gasteiger charge is -2.21. The lowest BCUT2D eigenvalue weighted by Crippen LogP contribution is -2.30. The molecule has 0 aromatic carbocycles. The molecule has 558 valence electrons. The highest BCUT2D eigenvalue weighted by Gasteiger charge is 2.30. The second kappa shape index (κ2) is 64.4. The van der Waals surface area contributed by atoms with E-state index in [4.69, 9.17) is 37.0 Å². The van der Waals surface area contributed by atoms with Crippen LogP contribution >= 0.6 is 15.6 Å². The molecule has 0 heterocycles. The summed E-state index contributed by atoms with van der Waals surface area (Å²) in [5.74, 6) is 0.850. The largest absolute Gasteiger partial charge is 0.472 e. The Labute approximate surface area is 575 Å². The fraction of sp³-hybridized carbons (Fsp3) is 0.947. The third kappa shape index (κ3) is 68.6. The SMILES string of the molecule is CC(C)CCCCCCCCCCCCCCCCCC(=O)OC[C@H](COP(=O)(O)OCC(O)COP(=O)(O)OC[C@@H](COC(=O)CCCCCCCCC(C)C)OC(=O)CCCCCCCCCCCCCCCCC(C)C)OC(=O)CCCCCCCCCC(C)C. The van der Waals surface area contributed by atoms with Gasteiger partial charge < -0.3 is 33.8 Å². The number of carbonyl (C=O) groups excluding carboxylic acids is 4. The molecule has 0 amide bonds. The van der Waals surface area contributed by atoms with Crippen LogP contribution < -0.4 is 0 Å². The lowest BCUT2D eigenvalue weighted by atomic mass is 10.0. The van der Waals surface area contributed by atoms with Crippen LogP contribution in [0.2, 0.25) is 0 Å². The van der Waals surface area contributed by atoms with Gasteiger partial charge in [-0.15, -0.1) is 0 Å². The predicted molar refractivity (Wildman–Crippen MR) is 381 cm³/mol. The van der Waals surface area contributed by atoms with E-state index >= 15 is 0 Å². The van der Waals surface area contributed by atoms with Crippen molar-refractivity contribution in [1.29, 1.82) is 0 Å². The van der Waals surface area contributed by atoms with Crippen molar-refractivity contribution in [1.82, 2.24) is 0 Å². The zero-order valence-electron chi connectivity index (χ0n) is 61.6. The number of hydrogen-bond donors (Lipinski definition) is 3. The molecule has 0 rings (SSSR count). The Kier molecular flexibility index (Phi) is 63.1. The number of unbranched alkanes of at least 4 members (excludes halogenated alkanes) is 38. The first-order valence-electron chi connectivity index (χ1n) is 38.7. The van der Waals surface area contributed by atoms with Crippen LogP contribution in [-0.2, 0) is 65.4 Å². The maximum Gasteiger partial charge on any atom is 0.472 e. The van der Waals surface area contributed by atoms with Crippen molar-refractivity contribution in [3.63, 3.8) is 0 Å². The molecule has 17 nitrogen and oxygen atoms in total. The average Bonchev–Trinajstić information content (AvgIpc) is 1.34. The second-order valence-corrected chi connectivity index (χ2v) is 31.9. The number of phosphoric acid groups is 2. The molecule has 19 heteroatoms. The number of hydrogen-bond acceptors (Lipinski definition) is 15. The summed E-state index contributed by atoms with van der Waals surface area (Å²) in [6.07, 6.45) is 48.9. The Morgan fingerprint density at radius 3 is 0.660 bits per heavy atom. The first kappa shape index (κ1) is 92.1. The van der Waals surface area contributed by atoms with E-state index < -0.39 is 97.5 Å². The van der Waals surface area contributed by atoms with Crippen LogP contribution in [0.5, 0.6) is 0 Å². The summed E-state index contributed by atoms with van der Waals surface area (Å²) in [6, 6.07) is 0. The molecule has 0 saturated heterocycles. The third-order valence-electron chi connectivity index (χ3n) is 17.3. The molecule has 0 aromatic heterocycles. The van der Waals surface area contributed by atoms with E-state index in [1.807, 2.05) is 0 Å². The van der Waals surface area contributed by atoms with Crippen LogP contribution in [0.15, 0.2) is 0 Å². The summed E-state index contributed by atoms with van der Waals surface area (Å²) in [5.41, 5.74) is 0. The summed E-state index contributed by atoms with van der Waals surface area (Å²) >= 11 is 0. The smallest absolute Gasteiger partial charge is 0.462 e. The van der Waals surface area contributed by atoms with E-state index in [-0.39, 0.29) is 25.7 Å². The van der Waals surface area contributed by atoms with Gasteiger partial charge in [0.05, 0.1) is 26.4 Å². The monoisotopic (exact) mass is 1380 g/mol. The zero-order chi connectivity index (χ0) is 69.6. The number of aliphatic hydroxyl groups excluding tert-OH is 1. The maximum atomic E-state index is 13.0. The Morgan fingerprint density at radius 2 is 0.447 bits per heavy atom. The van der Waals surface area contributed by atoms with E-state index in [1.54, 1.807) is 0 Å². The molecule has 5 atom stereocenters. The van der Waals surface area contributed by atoms with Gasteiger partial charge >= 0.3 is 39.5 Å². The van der Waals surface area contributed by atoms with E-state index in [9.17, 15) is 43.2 Å². The Hall–Kier alpha value is -1.94. The Bertz CT molecular complexity index is 1850. The van der Waals surface area contributed by atoms with Gasteiger partial charge in [-0.2, -0.15) is 0 Å². The lowest BCUT2D eigenvalue weighted by molar-refractivity contribution is -0.161. The summed E-state index contributed by atoms with van der Waals surface area (Å²) in [5, 5.41) is 10.6. The molecule has 0 aromatic rings. The molecule has 0 spiro atoms. The minimum absolute atomic E-state index is 0.103. The van der Waals surface area contributed by atoms with Gasteiger partial charge in [-0.3, -0.25) is 37.3 Å². The number of ether oxygens (including phenoxy) is 4. The quantitative estimate of drug-likeness (QED) is 0.0222. The van der Waals surface area contributed by atoms with E-state index in [2.05, 4.69) is 55.4 Å². The van der Waals surface area contributed by atoms with Crippen LogP contribution in [0.4, 0.5) is 0 Å². The van der Waals surface area contributed by atoms with Crippen molar-refractivity contribution in [3.8, 4) is 0 Å². The van der Waals surface area contributed by atoms with Gasteiger partial charge in [0.25, 0.3) is 0 Å². The van der Waals surface area contributed by atoms with Gasteiger partial charge in [0, 0.05) is 25.7 Å². The summed E-state index contributed by atoms with van der Waals surface area (Å²) in [6.45, 7) is 14.1. The van der Waals surface area contributed by atoms with Gasteiger partial charge in [0.15, 0.2) is 12.2 Å². The highest BCUT2D eigenvalue weighted by molar-refractivity contribution is 7.47. The Balaban J connectivity index is 5.17. The minimum atomic E-state index is -4.95. The molecule has 0 radical (unpaired) electrons. The van der Waals surface area contributed by atoms with Gasteiger partial charge in [0.1, 0.15) is 19.3 Å². The van der Waals surface area contributed by atoms with E-state index in [1.165, 1.54) is 173 Å². The number of aliphatic hydroxyl groups is 1. The van der Waals surface area contributed by atoms with Crippen LogP contribution in [0.1, 0.15) is 376 Å². The van der Waals surface area contributed by atoms with Crippen LogP contribution in [-0.4, -0.2) is 96.7 Å². The molecular formula is C75H146O17P2. The summed E-state index contributed by atoms with van der Waals surface area (Å²) in [7, 11) is -9.91. The van der Waals surface area contributed by atoms with Crippen LogP contribution in [0.3, 0.4) is 0 Å². The fourth-order valence-electron chi connectivity index (χ4n) is 11.4. The number of rotatable bonds is 72. The summed E-state index contributed by atoms with van der Waals surface area (Å²) < 4.78 is 68.4. The third-order valence-corrected chi connectivity index (χ3v) is 19.2. The van der Waals surface area contributed by atoms with E-state index in [0.29, 0.717) is 37.5 Å². The molecular weight excluding hydrogens is 1230 g/mol. The van der Waals surface area contributed by atoms with Gasteiger partial charge in [0.2, 0.25) is 0 Å². The second-order valence-electron chi connectivity index (χ2n) is 28.9. The number of carbonyl (C=O) groups is 4. The average molecular weight is 1380 g/mol. The normalized spacial score (nSPS) is 14.2. The first-order chi connectivity index (χ1) is 45.1.